The van der Waals surface area contributed by atoms with Gasteiger partial charge in [-0.25, -0.2) is 9.37 Å². The zero-order valence-corrected chi connectivity index (χ0v) is 18.7. The molecule has 174 valence electrons. The van der Waals surface area contributed by atoms with Gasteiger partial charge in [0, 0.05) is 24.6 Å². The first-order valence-electron chi connectivity index (χ1n) is 11.2. The molecule has 0 spiro atoms. The van der Waals surface area contributed by atoms with Crippen molar-refractivity contribution in [2.75, 3.05) is 13.7 Å². The Morgan fingerprint density at radius 1 is 1.18 bits per heavy atom. The van der Waals surface area contributed by atoms with Crippen LogP contribution in [0.2, 0.25) is 0 Å². The van der Waals surface area contributed by atoms with E-state index in [9.17, 15) is 9.18 Å². The van der Waals surface area contributed by atoms with E-state index in [1.165, 1.54) is 12.1 Å². The van der Waals surface area contributed by atoms with E-state index < -0.39 is 0 Å². The van der Waals surface area contributed by atoms with E-state index in [4.69, 9.17) is 13.7 Å². The number of carbonyl (C=O) groups is 1. The Bertz CT molecular complexity index is 1300. The van der Waals surface area contributed by atoms with Gasteiger partial charge in [-0.3, -0.25) is 4.79 Å². The highest BCUT2D eigenvalue weighted by Gasteiger charge is 2.34. The van der Waals surface area contributed by atoms with Crippen LogP contribution in [0.3, 0.4) is 0 Å². The fraction of sp³-hybridized carbons (Fsp3) is 0.269. The molecule has 1 aliphatic rings. The average molecular weight is 461 g/mol. The third kappa shape index (κ3) is 4.57. The molecule has 1 saturated heterocycles. The van der Waals surface area contributed by atoms with Crippen LogP contribution in [-0.4, -0.2) is 34.6 Å². The summed E-state index contributed by atoms with van der Waals surface area (Å²) in [5.41, 5.74) is 2.01. The van der Waals surface area contributed by atoms with E-state index in [1.54, 1.807) is 36.4 Å². The Labute approximate surface area is 196 Å². The predicted octanol–water partition coefficient (Wildman–Crippen LogP) is 5.44. The largest absolute Gasteiger partial charge is 0.497 e. The van der Waals surface area contributed by atoms with E-state index in [1.807, 2.05) is 24.3 Å². The topological polar surface area (TPSA) is 81.6 Å². The highest BCUT2D eigenvalue weighted by Crippen LogP contribution is 2.33. The summed E-state index contributed by atoms with van der Waals surface area (Å²) in [6.45, 7) is 0.563. The summed E-state index contributed by atoms with van der Waals surface area (Å²) in [6.07, 6.45) is 4.87. The maximum Gasteiger partial charge on any atom is 0.293 e. The van der Waals surface area contributed by atoms with Crippen LogP contribution in [0.1, 0.15) is 53.1 Å². The lowest BCUT2D eigenvalue weighted by Gasteiger charge is -2.32. The SMILES string of the molecule is COc1cccc(Cc2cnc(C3CCCCN3C(=O)c3cc(-c4cccc(F)c4)no3)o2)c1. The molecule has 5 rings (SSSR count). The second-order valence-corrected chi connectivity index (χ2v) is 8.29. The van der Waals surface area contributed by atoms with Crippen molar-refractivity contribution in [2.45, 2.75) is 31.7 Å². The fourth-order valence-electron chi connectivity index (χ4n) is 4.27. The molecule has 4 aromatic rings. The molecule has 34 heavy (non-hydrogen) atoms. The summed E-state index contributed by atoms with van der Waals surface area (Å²) in [5.74, 6) is 1.45. The van der Waals surface area contributed by atoms with Crippen molar-refractivity contribution < 1.29 is 22.9 Å². The molecular weight excluding hydrogens is 437 g/mol. The van der Waals surface area contributed by atoms with Gasteiger partial charge in [-0.1, -0.05) is 29.4 Å². The quantitative estimate of drug-likeness (QED) is 0.381. The van der Waals surface area contributed by atoms with E-state index in [-0.39, 0.29) is 23.5 Å². The molecule has 1 amide bonds. The van der Waals surface area contributed by atoms with Gasteiger partial charge < -0.3 is 18.6 Å². The summed E-state index contributed by atoms with van der Waals surface area (Å²) in [4.78, 5) is 19.5. The first-order valence-corrected chi connectivity index (χ1v) is 11.2. The number of oxazole rings is 1. The van der Waals surface area contributed by atoms with E-state index in [2.05, 4.69) is 10.1 Å². The maximum absolute atomic E-state index is 13.6. The normalized spacial score (nSPS) is 15.9. The van der Waals surface area contributed by atoms with Crippen LogP contribution < -0.4 is 4.74 Å². The van der Waals surface area contributed by atoms with Crippen LogP contribution in [0.15, 0.2) is 69.7 Å². The first-order chi connectivity index (χ1) is 16.6. The molecule has 3 heterocycles. The smallest absolute Gasteiger partial charge is 0.293 e. The van der Waals surface area contributed by atoms with Gasteiger partial charge >= 0.3 is 0 Å². The van der Waals surface area contributed by atoms with Crippen LogP contribution >= 0.6 is 0 Å². The van der Waals surface area contributed by atoms with Crippen molar-refractivity contribution >= 4 is 5.91 Å². The van der Waals surface area contributed by atoms with Crippen LogP contribution in [0, 0.1) is 5.82 Å². The molecule has 1 atom stereocenters. The number of benzene rings is 2. The number of nitrogens with zero attached hydrogens (tertiary/aromatic N) is 3. The molecule has 0 radical (unpaired) electrons. The Morgan fingerprint density at radius 2 is 2.06 bits per heavy atom. The van der Waals surface area contributed by atoms with Crippen molar-refractivity contribution in [3.05, 3.63) is 89.6 Å². The van der Waals surface area contributed by atoms with Crippen LogP contribution in [0.5, 0.6) is 5.75 Å². The molecular formula is C26H24FN3O4. The van der Waals surface area contributed by atoms with Crippen molar-refractivity contribution in [3.8, 4) is 17.0 Å². The lowest BCUT2D eigenvalue weighted by Crippen LogP contribution is -2.38. The number of aromatic nitrogens is 2. The highest BCUT2D eigenvalue weighted by molar-refractivity contribution is 5.92. The summed E-state index contributed by atoms with van der Waals surface area (Å²) >= 11 is 0. The van der Waals surface area contributed by atoms with Gasteiger partial charge in [-0.2, -0.15) is 0 Å². The number of carbonyl (C=O) groups excluding carboxylic acids is 1. The van der Waals surface area contributed by atoms with Crippen LogP contribution in [0.4, 0.5) is 4.39 Å². The number of likely N-dealkylation sites (tertiary alicyclic amines) is 1. The summed E-state index contributed by atoms with van der Waals surface area (Å²) in [7, 11) is 1.63. The van der Waals surface area contributed by atoms with Crippen molar-refractivity contribution in [2.24, 2.45) is 0 Å². The molecule has 2 aromatic carbocycles. The lowest BCUT2D eigenvalue weighted by molar-refractivity contribution is 0.0528. The number of hydrogen-bond donors (Lipinski definition) is 0. The number of amides is 1. The Kier molecular flexibility index (Phi) is 6.12. The van der Waals surface area contributed by atoms with Crippen molar-refractivity contribution in [3.63, 3.8) is 0 Å². The highest BCUT2D eigenvalue weighted by atomic mass is 19.1. The fourth-order valence-corrected chi connectivity index (χ4v) is 4.27. The second kappa shape index (κ2) is 9.51. The molecule has 1 fully saturated rings. The van der Waals surface area contributed by atoms with Gasteiger partial charge in [0.05, 0.1) is 13.3 Å². The molecule has 0 bridgehead atoms. The number of hydrogen-bond acceptors (Lipinski definition) is 6. The summed E-state index contributed by atoms with van der Waals surface area (Å²) < 4.78 is 30.3. The number of methoxy groups -OCH3 is 1. The number of piperidine rings is 1. The molecule has 1 unspecified atom stereocenters. The zero-order chi connectivity index (χ0) is 23.5. The van der Waals surface area contributed by atoms with Crippen molar-refractivity contribution in [1.82, 2.24) is 15.0 Å². The monoisotopic (exact) mass is 461 g/mol. The van der Waals surface area contributed by atoms with Gasteiger partial charge in [0.15, 0.2) is 0 Å². The molecule has 1 aliphatic heterocycles. The van der Waals surface area contributed by atoms with Gasteiger partial charge in [0.2, 0.25) is 11.7 Å². The van der Waals surface area contributed by atoms with Gasteiger partial charge in [0.1, 0.15) is 29.1 Å². The number of rotatable bonds is 6. The number of ether oxygens (including phenoxy) is 1. The molecule has 2 aromatic heterocycles. The average Bonchev–Trinajstić information content (AvgIpc) is 3.54. The Hall–Kier alpha value is -3.94. The molecule has 0 aliphatic carbocycles. The van der Waals surface area contributed by atoms with Gasteiger partial charge in [-0.05, 0) is 49.1 Å². The Balaban J connectivity index is 1.34. The number of halogens is 1. The standard InChI is InChI=1S/C26H24FN3O4/c1-32-20-9-4-6-17(12-20)13-21-16-28-25(33-21)23-10-2-3-11-30(23)26(31)24-15-22(29-34-24)18-7-5-8-19(27)14-18/h4-9,12,14-16,23H,2-3,10-11,13H2,1H3. The summed E-state index contributed by atoms with van der Waals surface area (Å²) in [6, 6.07) is 15.1. The lowest BCUT2D eigenvalue weighted by atomic mass is 10.0. The van der Waals surface area contributed by atoms with E-state index in [0.717, 1.165) is 30.6 Å². The Morgan fingerprint density at radius 3 is 2.91 bits per heavy atom. The van der Waals surface area contributed by atoms with Gasteiger partial charge in [-0.15, -0.1) is 0 Å². The van der Waals surface area contributed by atoms with Crippen LogP contribution in [-0.2, 0) is 6.42 Å². The third-order valence-electron chi connectivity index (χ3n) is 5.97. The van der Waals surface area contributed by atoms with E-state index in [0.29, 0.717) is 35.9 Å². The minimum atomic E-state index is -0.377. The predicted molar refractivity (Wildman–Crippen MR) is 122 cm³/mol. The van der Waals surface area contributed by atoms with E-state index >= 15 is 0 Å². The second-order valence-electron chi connectivity index (χ2n) is 8.29. The molecule has 0 N–H and O–H groups in total. The summed E-state index contributed by atoms with van der Waals surface area (Å²) in [5, 5.41) is 3.97. The maximum atomic E-state index is 13.6. The first kappa shape index (κ1) is 21.9. The minimum Gasteiger partial charge on any atom is -0.497 e. The third-order valence-corrected chi connectivity index (χ3v) is 5.97. The van der Waals surface area contributed by atoms with Gasteiger partial charge in [0.25, 0.3) is 5.91 Å². The minimum absolute atomic E-state index is 0.106. The molecule has 0 saturated carbocycles. The van der Waals surface area contributed by atoms with Crippen molar-refractivity contribution in [1.29, 1.82) is 0 Å². The van der Waals surface area contributed by atoms with Crippen LogP contribution in [0.25, 0.3) is 11.3 Å². The zero-order valence-electron chi connectivity index (χ0n) is 18.7. The molecule has 7 nitrogen and oxygen atoms in total. The molecule has 8 heteroatoms.